The number of hydrogen-bond donors (Lipinski definition) is 0. The van der Waals surface area contributed by atoms with E-state index in [4.69, 9.17) is 0 Å². The zero-order chi connectivity index (χ0) is 23.8. The van der Waals surface area contributed by atoms with Gasteiger partial charge < -0.3 is 9.80 Å². The molecular weight excluding hydrogens is 492 g/mol. The molecule has 6 rings (SSSR count). The number of rotatable bonds is 5. The first-order chi connectivity index (χ1) is 17.1. The fourth-order valence-corrected chi connectivity index (χ4v) is 6.76. The first-order valence-corrected chi connectivity index (χ1v) is 13.4. The molecule has 176 valence electrons. The van der Waals surface area contributed by atoms with Crippen molar-refractivity contribution in [3.8, 4) is 0 Å². The van der Waals surface area contributed by atoms with E-state index in [1.165, 1.54) is 27.1 Å². The Bertz CT molecular complexity index is 1270. The van der Waals surface area contributed by atoms with Crippen LogP contribution >= 0.6 is 15.9 Å². The van der Waals surface area contributed by atoms with Crippen molar-refractivity contribution < 1.29 is 0 Å². The summed E-state index contributed by atoms with van der Waals surface area (Å²) in [5.41, 5.74) is 5.18. The maximum atomic E-state index is 3.75. The number of anilines is 2. The number of allylic oxidation sites excluding steroid dienone is 6. The van der Waals surface area contributed by atoms with Crippen LogP contribution in [0.25, 0.3) is 0 Å². The van der Waals surface area contributed by atoms with Crippen LogP contribution in [-0.2, 0) is 0 Å². The predicted molar refractivity (Wildman–Crippen MR) is 152 cm³/mol. The van der Waals surface area contributed by atoms with Crippen LogP contribution in [0, 0.1) is 11.8 Å². The van der Waals surface area contributed by atoms with Crippen LogP contribution in [0.1, 0.15) is 19.8 Å². The number of nitrogens with zero attached hydrogens (tertiary/aromatic N) is 2. The molecule has 1 saturated heterocycles. The quantitative estimate of drug-likeness (QED) is 0.393. The first kappa shape index (κ1) is 22.4. The van der Waals surface area contributed by atoms with E-state index in [-0.39, 0.29) is 5.54 Å². The molecule has 1 aliphatic heterocycles. The number of benzene rings is 2. The second kappa shape index (κ2) is 9.20. The van der Waals surface area contributed by atoms with E-state index in [9.17, 15) is 0 Å². The third kappa shape index (κ3) is 4.06. The zero-order valence-electron chi connectivity index (χ0n) is 20.1. The summed E-state index contributed by atoms with van der Waals surface area (Å²) in [7, 11) is 0. The molecule has 0 spiro atoms. The number of fused-ring (bicyclic) bond motifs is 3. The highest BCUT2D eigenvalue weighted by Crippen LogP contribution is 2.52. The minimum Gasteiger partial charge on any atom is -0.355 e. The number of para-hydroxylation sites is 2. The fraction of sp³-hybridized carbons (Fsp3) is 0.250. The monoisotopic (exact) mass is 522 g/mol. The molecule has 0 aromatic heterocycles. The Balaban J connectivity index is 1.40. The Hall–Kier alpha value is -3.04. The lowest BCUT2D eigenvalue weighted by Crippen LogP contribution is -2.47. The topological polar surface area (TPSA) is 6.48 Å². The smallest absolute Gasteiger partial charge is 0.0638 e. The molecule has 1 fully saturated rings. The molecular formula is C32H31BrN2. The molecule has 0 N–H and O–H groups in total. The van der Waals surface area contributed by atoms with Gasteiger partial charge in [0, 0.05) is 39.9 Å². The highest BCUT2D eigenvalue weighted by Gasteiger charge is 2.54. The maximum absolute atomic E-state index is 3.75. The first-order valence-electron chi connectivity index (χ1n) is 12.6. The molecule has 2 nitrogen and oxygen atoms in total. The summed E-state index contributed by atoms with van der Waals surface area (Å²) in [6, 6.07) is 22.1. The van der Waals surface area contributed by atoms with Crippen molar-refractivity contribution in [3.63, 3.8) is 0 Å². The van der Waals surface area contributed by atoms with Gasteiger partial charge in [-0.25, -0.2) is 0 Å². The molecule has 2 aromatic carbocycles. The van der Waals surface area contributed by atoms with Crippen LogP contribution in [0.3, 0.4) is 0 Å². The van der Waals surface area contributed by atoms with Crippen LogP contribution in [0.15, 0.2) is 131 Å². The van der Waals surface area contributed by atoms with E-state index >= 15 is 0 Å². The lowest BCUT2D eigenvalue weighted by Gasteiger charge is -2.42. The van der Waals surface area contributed by atoms with Crippen LogP contribution in [0.4, 0.5) is 11.4 Å². The zero-order valence-corrected chi connectivity index (χ0v) is 21.7. The van der Waals surface area contributed by atoms with E-state index in [0.717, 1.165) is 19.4 Å². The maximum Gasteiger partial charge on any atom is 0.0638 e. The van der Waals surface area contributed by atoms with Crippen LogP contribution < -0.4 is 9.80 Å². The third-order valence-electron chi connectivity index (χ3n) is 7.89. The highest BCUT2D eigenvalue weighted by atomic mass is 79.9. The van der Waals surface area contributed by atoms with Gasteiger partial charge in [-0.05, 0) is 61.8 Å². The molecule has 2 aromatic rings. The molecule has 1 heterocycles. The van der Waals surface area contributed by atoms with Crippen molar-refractivity contribution in [3.05, 3.63) is 131 Å². The Morgan fingerprint density at radius 1 is 1.00 bits per heavy atom. The Morgan fingerprint density at radius 3 is 2.51 bits per heavy atom. The molecule has 3 aliphatic carbocycles. The number of halogens is 1. The van der Waals surface area contributed by atoms with E-state index < -0.39 is 0 Å². The average molecular weight is 524 g/mol. The highest BCUT2D eigenvalue weighted by molar-refractivity contribution is 9.11. The second-order valence-corrected chi connectivity index (χ2v) is 11.0. The van der Waals surface area contributed by atoms with Crippen molar-refractivity contribution in [2.75, 3.05) is 16.3 Å². The lowest BCUT2D eigenvalue weighted by atomic mass is 9.75. The van der Waals surface area contributed by atoms with Crippen LogP contribution in [0.5, 0.6) is 0 Å². The largest absolute Gasteiger partial charge is 0.355 e. The summed E-state index contributed by atoms with van der Waals surface area (Å²) in [6.45, 7) is 3.30. The lowest BCUT2D eigenvalue weighted by molar-refractivity contribution is 0.431. The van der Waals surface area contributed by atoms with E-state index in [1.807, 2.05) is 0 Å². The summed E-state index contributed by atoms with van der Waals surface area (Å²) in [4.78, 5) is 5.14. The van der Waals surface area contributed by atoms with Crippen molar-refractivity contribution in [1.82, 2.24) is 0 Å². The van der Waals surface area contributed by atoms with E-state index in [0.29, 0.717) is 17.9 Å². The summed E-state index contributed by atoms with van der Waals surface area (Å²) >= 11 is 3.75. The Labute approximate surface area is 217 Å². The Kier molecular flexibility index (Phi) is 5.89. The molecule has 0 amide bonds. The van der Waals surface area contributed by atoms with E-state index in [1.54, 1.807) is 0 Å². The molecule has 35 heavy (non-hydrogen) atoms. The van der Waals surface area contributed by atoms with Gasteiger partial charge in [0.25, 0.3) is 0 Å². The third-order valence-corrected chi connectivity index (χ3v) is 8.41. The standard InChI is InChI=1S/C32H31BrN2/c1-32-22-24(23-34(26-11-5-2-6-12-26)27-13-7-3-8-14-27)17-20-30(32)29-19-18-25(33)21-31(29)35(32)28-15-9-4-10-16-28/h2-7,9-13,15-22,29-31H,8,14,23H2,1H3. The normalized spacial score (nSPS) is 28.7. The Morgan fingerprint density at radius 2 is 1.77 bits per heavy atom. The van der Waals surface area contributed by atoms with Gasteiger partial charge in [-0.1, -0.05) is 94.9 Å². The van der Waals surface area contributed by atoms with Gasteiger partial charge in [-0.3, -0.25) is 0 Å². The average Bonchev–Trinajstić information content (AvgIpc) is 3.15. The van der Waals surface area contributed by atoms with Gasteiger partial charge >= 0.3 is 0 Å². The second-order valence-electron chi connectivity index (χ2n) is 10.1. The van der Waals surface area contributed by atoms with Gasteiger partial charge in [0.15, 0.2) is 0 Å². The molecule has 0 bridgehead atoms. The summed E-state index contributed by atoms with van der Waals surface area (Å²) in [6.07, 6.45) is 23.3. The SMILES string of the molecule is CC12C=C(CN(C3=CC=CCC3)c3ccccc3)C=CC1C1C=CC(Br)=CC1N2c1ccccc1. The van der Waals surface area contributed by atoms with Gasteiger partial charge in [0.05, 0.1) is 11.6 Å². The molecule has 4 aliphatic rings. The predicted octanol–water partition coefficient (Wildman–Crippen LogP) is 7.95. The van der Waals surface area contributed by atoms with Gasteiger partial charge in [-0.15, -0.1) is 0 Å². The summed E-state index contributed by atoms with van der Waals surface area (Å²) in [5, 5.41) is 0. The van der Waals surface area contributed by atoms with Crippen LogP contribution in [0.2, 0.25) is 0 Å². The minimum absolute atomic E-state index is 0.109. The van der Waals surface area contributed by atoms with Crippen molar-refractivity contribution in [2.24, 2.45) is 11.8 Å². The summed E-state index contributed by atoms with van der Waals surface area (Å²) < 4.78 is 1.17. The molecule has 4 unspecified atom stereocenters. The molecule has 0 radical (unpaired) electrons. The van der Waals surface area contributed by atoms with Gasteiger partial charge in [0.1, 0.15) is 0 Å². The van der Waals surface area contributed by atoms with Gasteiger partial charge in [0.2, 0.25) is 0 Å². The minimum atomic E-state index is -0.109. The number of hydrogen-bond acceptors (Lipinski definition) is 2. The summed E-state index contributed by atoms with van der Waals surface area (Å²) in [5.74, 6) is 0.874. The van der Waals surface area contributed by atoms with E-state index in [2.05, 4.69) is 148 Å². The van der Waals surface area contributed by atoms with Crippen molar-refractivity contribution in [1.29, 1.82) is 0 Å². The van der Waals surface area contributed by atoms with Crippen molar-refractivity contribution >= 4 is 27.3 Å². The molecule has 3 heteroatoms. The molecule has 0 saturated carbocycles. The van der Waals surface area contributed by atoms with Gasteiger partial charge in [-0.2, -0.15) is 0 Å². The van der Waals surface area contributed by atoms with Crippen LogP contribution in [-0.4, -0.2) is 18.1 Å². The fourth-order valence-electron chi connectivity index (χ4n) is 6.34. The van der Waals surface area contributed by atoms with Crippen molar-refractivity contribution in [2.45, 2.75) is 31.3 Å². The molecule has 4 atom stereocenters.